The van der Waals surface area contributed by atoms with Crippen LogP contribution in [0.25, 0.3) is 0 Å². The van der Waals surface area contributed by atoms with Crippen LogP contribution in [0, 0.1) is 0 Å². The molecule has 1 amide bonds. The SMILES string of the molecule is CC(C)N(CCC(=O)O)C(=O)c1cncn1C. The van der Waals surface area contributed by atoms with Crippen molar-refractivity contribution in [1.29, 1.82) is 0 Å². The highest BCUT2D eigenvalue weighted by molar-refractivity contribution is 5.92. The summed E-state index contributed by atoms with van der Waals surface area (Å²) >= 11 is 0. The molecule has 1 heterocycles. The van der Waals surface area contributed by atoms with Gasteiger partial charge in [-0.15, -0.1) is 0 Å². The normalized spacial score (nSPS) is 10.6. The number of nitrogens with zero attached hydrogens (tertiary/aromatic N) is 3. The van der Waals surface area contributed by atoms with Crippen LogP contribution in [0.5, 0.6) is 0 Å². The summed E-state index contributed by atoms with van der Waals surface area (Å²) < 4.78 is 1.62. The number of carbonyl (C=O) groups is 2. The van der Waals surface area contributed by atoms with Crippen LogP contribution >= 0.6 is 0 Å². The number of imidazole rings is 1. The van der Waals surface area contributed by atoms with Gasteiger partial charge in [0.2, 0.25) is 0 Å². The van der Waals surface area contributed by atoms with Gasteiger partial charge in [-0.3, -0.25) is 9.59 Å². The van der Waals surface area contributed by atoms with E-state index in [1.165, 1.54) is 11.1 Å². The van der Waals surface area contributed by atoms with Crippen molar-refractivity contribution in [1.82, 2.24) is 14.5 Å². The van der Waals surface area contributed by atoms with Crippen LogP contribution in [-0.2, 0) is 11.8 Å². The molecular weight excluding hydrogens is 222 g/mol. The molecule has 94 valence electrons. The van der Waals surface area contributed by atoms with Gasteiger partial charge in [-0.2, -0.15) is 0 Å². The fraction of sp³-hybridized carbons (Fsp3) is 0.545. The van der Waals surface area contributed by atoms with Gasteiger partial charge < -0.3 is 14.6 Å². The first-order valence-corrected chi connectivity index (χ1v) is 5.42. The van der Waals surface area contributed by atoms with Crippen molar-refractivity contribution < 1.29 is 14.7 Å². The number of carbonyl (C=O) groups excluding carboxylic acids is 1. The lowest BCUT2D eigenvalue weighted by molar-refractivity contribution is -0.137. The third-order valence-corrected chi connectivity index (χ3v) is 2.49. The van der Waals surface area contributed by atoms with Gasteiger partial charge in [-0.1, -0.05) is 0 Å². The highest BCUT2D eigenvalue weighted by Crippen LogP contribution is 2.08. The summed E-state index contributed by atoms with van der Waals surface area (Å²) in [7, 11) is 1.73. The van der Waals surface area contributed by atoms with E-state index < -0.39 is 5.97 Å². The van der Waals surface area contributed by atoms with E-state index in [-0.39, 0.29) is 24.9 Å². The molecule has 0 radical (unpaired) electrons. The van der Waals surface area contributed by atoms with Gasteiger partial charge in [0.05, 0.1) is 18.9 Å². The molecule has 0 atom stereocenters. The first kappa shape index (κ1) is 13.2. The maximum Gasteiger partial charge on any atom is 0.305 e. The molecule has 0 saturated heterocycles. The van der Waals surface area contributed by atoms with Gasteiger partial charge in [-0.05, 0) is 13.8 Å². The Bertz CT molecular complexity index is 412. The van der Waals surface area contributed by atoms with Crippen LogP contribution in [-0.4, -0.2) is 44.0 Å². The average molecular weight is 239 g/mol. The average Bonchev–Trinajstić information content (AvgIpc) is 2.63. The minimum atomic E-state index is -0.909. The third-order valence-electron chi connectivity index (χ3n) is 2.49. The van der Waals surface area contributed by atoms with E-state index in [2.05, 4.69) is 4.98 Å². The monoisotopic (exact) mass is 239 g/mol. The number of rotatable bonds is 5. The van der Waals surface area contributed by atoms with E-state index in [4.69, 9.17) is 5.11 Å². The summed E-state index contributed by atoms with van der Waals surface area (Å²) in [5.41, 5.74) is 0.462. The van der Waals surface area contributed by atoms with Crippen molar-refractivity contribution in [3.63, 3.8) is 0 Å². The summed E-state index contributed by atoms with van der Waals surface area (Å²) in [6, 6.07) is -0.0447. The molecule has 17 heavy (non-hydrogen) atoms. The smallest absolute Gasteiger partial charge is 0.305 e. The molecule has 0 saturated carbocycles. The van der Waals surface area contributed by atoms with Gasteiger partial charge in [0.1, 0.15) is 5.69 Å². The van der Waals surface area contributed by atoms with Crippen molar-refractivity contribution >= 4 is 11.9 Å². The minimum Gasteiger partial charge on any atom is -0.481 e. The van der Waals surface area contributed by atoms with E-state index in [0.29, 0.717) is 5.69 Å². The fourth-order valence-electron chi connectivity index (χ4n) is 1.52. The number of hydrogen-bond donors (Lipinski definition) is 1. The summed E-state index contributed by atoms with van der Waals surface area (Å²) in [4.78, 5) is 28.1. The van der Waals surface area contributed by atoms with E-state index in [1.807, 2.05) is 13.8 Å². The lowest BCUT2D eigenvalue weighted by atomic mass is 10.2. The molecule has 0 aliphatic carbocycles. The quantitative estimate of drug-likeness (QED) is 0.822. The number of aliphatic carboxylic acids is 1. The Balaban J connectivity index is 2.81. The molecule has 0 aromatic carbocycles. The third kappa shape index (κ3) is 3.30. The van der Waals surface area contributed by atoms with Gasteiger partial charge >= 0.3 is 5.97 Å². The molecule has 0 fully saturated rings. The highest BCUT2D eigenvalue weighted by atomic mass is 16.4. The Hall–Kier alpha value is -1.85. The summed E-state index contributed by atoms with van der Waals surface area (Å²) in [6.45, 7) is 3.92. The molecule has 1 rings (SSSR count). The largest absolute Gasteiger partial charge is 0.481 e. The Kier molecular flexibility index (Phi) is 4.25. The first-order chi connectivity index (χ1) is 7.93. The van der Waals surface area contributed by atoms with Gasteiger partial charge in [0.15, 0.2) is 0 Å². The zero-order valence-electron chi connectivity index (χ0n) is 10.3. The van der Waals surface area contributed by atoms with Crippen molar-refractivity contribution in [3.8, 4) is 0 Å². The highest BCUT2D eigenvalue weighted by Gasteiger charge is 2.21. The molecule has 6 heteroatoms. The van der Waals surface area contributed by atoms with Crippen LogP contribution in [0.3, 0.4) is 0 Å². The van der Waals surface area contributed by atoms with E-state index in [0.717, 1.165) is 0 Å². The molecule has 6 nitrogen and oxygen atoms in total. The molecular formula is C11H17N3O3. The zero-order valence-corrected chi connectivity index (χ0v) is 10.3. The summed E-state index contributed by atoms with van der Waals surface area (Å²) in [5.74, 6) is -1.10. The van der Waals surface area contributed by atoms with Crippen LogP contribution in [0.15, 0.2) is 12.5 Å². The second-order valence-corrected chi connectivity index (χ2v) is 4.13. The molecule has 0 aliphatic rings. The first-order valence-electron chi connectivity index (χ1n) is 5.42. The molecule has 1 N–H and O–H groups in total. The van der Waals surface area contributed by atoms with Crippen LogP contribution < -0.4 is 0 Å². The van der Waals surface area contributed by atoms with E-state index in [1.54, 1.807) is 17.9 Å². The molecule has 0 aliphatic heterocycles. The maximum atomic E-state index is 12.2. The Morgan fingerprint density at radius 1 is 1.53 bits per heavy atom. The van der Waals surface area contributed by atoms with Crippen molar-refractivity contribution in [2.24, 2.45) is 7.05 Å². The van der Waals surface area contributed by atoms with Gasteiger partial charge in [0, 0.05) is 19.6 Å². The number of aromatic nitrogens is 2. The molecule has 0 unspecified atom stereocenters. The summed E-state index contributed by atoms with van der Waals surface area (Å²) in [6.07, 6.45) is 2.98. The number of aryl methyl sites for hydroxylation is 1. The summed E-state index contributed by atoms with van der Waals surface area (Å²) in [5, 5.41) is 8.66. The van der Waals surface area contributed by atoms with E-state index >= 15 is 0 Å². The van der Waals surface area contributed by atoms with Crippen LogP contribution in [0.4, 0.5) is 0 Å². The van der Waals surface area contributed by atoms with Crippen LogP contribution in [0.1, 0.15) is 30.8 Å². The van der Waals surface area contributed by atoms with Gasteiger partial charge in [-0.25, -0.2) is 4.98 Å². The zero-order chi connectivity index (χ0) is 13.0. The Morgan fingerprint density at radius 2 is 2.18 bits per heavy atom. The second kappa shape index (κ2) is 5.47. The van der Waals surface area contributed by atoms with Crippen LogP contribution in [0.2, 0.25) is 0 Å². The standard InChI is InChI=1S/C11H17N3O3/c1-8(2)14(5-4-10(15)16)11(17)9-6-12-7-13(9)3/h6-8H,4-5H2,1-3H3,(H,15,16). The topological polar surface area (TPSA) is 75.4 Å². The second-order valence-electron chi connectivity index (χ2n) is 4.13. The molecule has 0 bridgehead atoms. The van der Waals surface area contributed by atoms with E-state index in [9.17, 15) is 9.59 Å². The van der Waals surface area contributed by atoms with Crippen molar-refractivity contribution in [2.45, 2.75) is 26.3 Å². The van der Waals surface area contributed by atoms with Gasteiger partial charge in [0.25, 0.3) is 5.91 Å². The Labute approximate surface area is 99.9 Å². The minimum absolute atomic E-state index is 0.0447. The number of hydrogen-bond acceptors (Lipinski definition) is 3. The lowest BCUT2D eigenvalue weighted by Crippen LogP contribution is -2.39. The molecule has 1 aromatic heterocycles. The number of amides is 1. The molecule has 1 aromatic rings. The predicted molar refractivity (Wildman–Crippen MR) is 61.6 cm³/mol. The predicted octanol–water partition coefficient (Wildman–Crippen LogP) is 0.745. The number of carboxylic acids is 1. The maximum absolute atomic E-state index is 12.2. The number of carboxylic acid groups (broad SMARTS) is 1. The van der Waals surface area contributed by atoms with Crippen molar-refractivity contribution in [3.05, 3.63) is 18.2 Å². The lowest BCUT2D eigenvalue weighted by Gasteiger charge is -2.26. The fourth-order valence-corrected chi connectivity index (χ4v) is 1.52. The van der Waals surface area contributed by atoms with Crippen molar-refractivity contribution in [2.75, 3.05) is 6.54 Å². The Morgan fingerprint density at radius 3 is 2.59 bits per heavy atom. The molecule has 0 spiro atoms.